The molecular weight excluding hydrogens is 226 g/mol. The van der Waals surface area contributed by atoms with E-state index in [0.717, 1.165) is 24.0 Å². The van der Waals surface area contributed by atoms with Crippen molar-refractivity contribution in [2.24, 2.45) is 5.92 Å². The highest BCUT2D eigenvalue weighted by atomic mass is 16.3. The van der Waals surface area contributed by atoms with E-state index in [1.165, 1.54) is 0 Å². The van der Waals surface area contributed by atoms with Crippen LogP contribution in [0.1, 0.15) is 25.3 Å². The fraction of sp³-hybridized carbons (Fsp3) is 0.400. The summed E-state index contributed by atoms with van der Waals surface area (Å²) in [5, 5.41) is 12.4. The van der Waals surface area contributed by atoms with Gasteiger partial charge in [-0.2, -0.15) is 0 Å². The third-order valence-electron chi connectivity index (χ3n) is 3.23. The molecule has 2 rings (SSSR count). The molecule has 0 radical (unpaired) electrons. The molecule has 1 unspecified atom stereocenters. The first-order valence-electron chi connectivity index (χ1n) is 6.36. The second-order valence-corrected chi connectivity index (χ2v) is 4.84. The predicted octanol–water partition coefficient (Wildman–Crippen LogP) is 1.98. The van der Waals surface area contributed by atoms with Crippen molar-refractivity contribution in [3.63, 3.8) is 0 Å². The molecule has 0 aliphatic heterocycles. The molecule has 1 fully saturated rings. The third-order valence-corrected chi connectivity index (χ3v) is 3.23. The lowest BCUT2D eigenvalue weighted by molar-refractivity contribution is -0.116. The Morgan fingerprint density at radius 1 is 1.44 bits per heavy atom. The standard InChI is InChI=1S/C15H19NO2/c1-11(12-5-3-2-4-6-12)9-15(18)16-10-14(17)13-7-8-13/h2-6,9,13-14,17H,7-8,10H2,1H3,(H,16,18). The predicted molar refractivity (Wildman–Crippen MR) is 71.8 cm³/mol. The molecule has 1 aromatic carbocycles. The first kappa shape index (κ1) is 12.8. The van der Waals surface area contributed by atoms with Crippen LogP contribution in [0.4, 0.5) is 0 Å². The van der Waals surface area contributed by atoms with Crippen LogP contribution in [0.25, 0.3) is 5.57 Å². The normalized spacial score (nSPS) is 17.3. The average molecular weight is 245 g/mol. The quantitative estimate of drug-likeness (QED) is 0.779. The molecule has 0 saturated heterocycles. The number of nitrogens with one attached hydrogen (secondary N) is 1. The zero-order chi connectivity index (χ0) is 13.0. The van der Waals surface area contributed by atoms with Crippen molar-refractivity contribution < 1.29 is 9.90 Å². The molecule has 1 aromatic rings. The maximum atomic E-state index is 11.7. The zero-order valence-corrected chi connectivity index (χ0v) is 10.6. The van der Waals surface area contributed by atoms with Gasteiger partial charge in [-0.05, 0) is 36.8 Å². The van der Waals surface area contributed by atoms with Crippen LogP contribution in [-0.4, -0.2) is 23.7 Å². The number of allylic oxidation sites excluding steroid dienone is 1. The van der Waals surface area contributed by atoms with Gasteiger partial charge in [-0.25, -0.2) is 0 Å². The van der Waals surface area contributed by atoms with Crippen molar-refractivity contribution in [3.05, 3.63) is 42.0 Å². The van der Waals surface area contributed by atoms with Gasteiger partial charge in [-0.3, -0.25) is 4.79 Å². The summed E-state index contributed by atoms with van der Waals surface area (Å²) < 4.78 is 0. The second-order valence-electron chi connectivity index (χ2n) is 4.84. The molecule has 3 nitrogen and oxygen atoms in total. The number of hydrogen-bond donors (Lipinski definition) is 2. The zero-order valence-electron chi connectivity index (χ0n) is 10.6. The molecule has 1 saturated carbocycles. The number of amides is 1. The van der Waals surface area contributed by atoms with E-state index in [2.05, 4.69) is 5.32 Å². The number of hydrogen-bond acceptors (Lipinski definition) is 2. The summed E-state index contributed by atoms with van der Waals surface area (Å²) in [5.41, 5.74) is 1.96. The fourth-order valence-corrected chi connectivity index (χ4v) is 1.88. The summed E-state index contributed by atoms with van der Waals surface area (Å²) in [6, 6.07) is 9.78. The Morgan fingerprint density at radius 3 is 2.72 bits per heavy atom. The summed E-state index contributed by atoms with van der Waals surface area (Å²) in [5.74, 6) is 0.251. The van der Waals surface area contributed by atoms with Gasteiger partial charge in [0.05, 0.1) is 6.10 Å². The minimum absolute atomic E-state index is 0.143. The molecule has 0 bridgehead atoms. The average Bonchev–Trinajstić information content (AvgIpc) is 3.21. The molecule has 1 amide bonds. The van der Waals surface area contributed by atoms with Crippen LogP contribution in [0, 0.1) is 5.92 Å². The van der Waals surface area contributed by atoms with Crippen molar-refractivity contribution in [3.8, 4) is 0 Å². The van der Waals surface area contributed by atoms with Crippen LogP contribution < -0.4 is 5.32 Å². The van der Waals surface area contributed by atoms with Crippen molar-refractivity contribution in [2.75, 3.05) is 6.54 Å². The minimum atomic E-state index is -0.389. The van der Waals surface area contributed by atoms with Crippen molar-refractivity contribution in [1.82, 2.24) is 5.32 Å². The van der Waals surface area contributed by atoms with Gasteiger partial charge in [0.25, 0.3) is 0 Å². The van der Waals surface area contributed by atoms with Crippen molar-refractivity contribution >= 4 is 11.5 Å². The van der Waals surface area contributed by atoms with Gasteiger partial charge in [-0.1, -0.05) is 30.3 Å². The third kappa shape index (κ3) is 3.70. The van der Waals surface area contributed by atoms with Gasteiger partial charge in [0.15, 0.2) is 0 Å². The van der Waals surface area contributed by atoms with E-state index in [4.69, 9.17) is 0 Å². The monoisotopic (exact) mass is 245 g/mol. The van der Waals surface area contributed by atoms with Gasteiger partial charge in [-0.15, -0.1) is 0 Å². The molecule has 0 heterocycles. The van der Waals surface area contributed by atoms with E-state index in [1.807, 2.05) is 37.3 Å². The Kier molecular flexibility index (Phi) is 4.15. The molecule has 1 aliphatic carbocycles. The minimum Gasteiger partial charge on any atom is -0.391 e. The molecule has 3 heteroatoms. The second kappa shape index (κ2) is 5.83. The van der Waals surface area contributed by atoms with Gasteiger partial charge in [0.1, 0.15) is 0 Å². The van der Waals surface area contributed by atoms with Crippen molar-refractivity contribution in [2.45, 2.75) is 25.9 Å². The molecule has 0 aromatic heterocycles. The topological polar surface area (TPSA) is 49.3 Å². The van der Waals surface area contributed by atoms with E-state index < -0.39 is 0 Å². The number of carbonyl (C=O) groups is 1. The number of rotatable bonds is 5. The summed E-state index contributed by atoms with van der Waals surface area (Å²) in [6.45, 7) is 2.26. The Morgan fingerprint density at radius 2 is 2.11 bits per heavy atom. The number of benzene rings is 1. The highest BCUT2D eigenvalue weighted by Gasteiger charge is 2.29. The fourth-order valence-electron chi connectivity index (χ4n) is 1.88. The maximum absolute atomic E-state index is 11.7. The van der Waals surface area contributed by atoms with Crippen LogP contribution in [0.5, 0.6) is 0 Å². The van der Waals surface area contributed by atoms with Crippen LogP contribution in [-0.2, 0) is 4.79 Å². The number of aliphatic hydroxyl groups is 1. The molecule has 1 aliphatic rings. The van der Waals surface area contributed by atoms with Crippen molar-refractivity contribution in [1.29, 1.82) is 0 Å². The molecule has 0 spiro atoms. The maximum Gasteiger partial charge on any atom is 0.244 e. The summed E-state index contributed by atoms with van der Waals surface area (Å²) in [6.07, 6.45) is 3.35. The van der Waals surface area contributed by atoms with Gasteiger partial charge in [0.2, 0.25) is 5.91 Å². The SMILES string of the molecule is CC(=CC(=O)NCC(O)C1CC1)c1ccccc1. The Hall–Kier alpha value is -1.61. The lowest BCUT2D eigenvalue weighted by atomic mass is 10.1. The van der Waals surface area contributed by atoms with Gasteiger partial charge >= 0.3 is 0 Å². The first-order chi connectivity index (χ1) is 8.66. The van der Waals surface area contributed by atoms with E-state index in [-0.39, 0.29) is 12.0 Å². The van der Waals surface area contributed by atoms with E-state index in [0.29, 0.717) is 12.5 Å². The summed E-state index contributed by atoms with van der Waals surface area (Å²) >= 11 is 0. The lowest BCUT2D eigenvalue weighted by Crippen LogP contribution is -2.32. The molecule has 2 N–H and O–H groups in total. The highest BCUT2D eigenvalue weighted by Crippen LogP contribution is 2.32. The van der Waals surface area contributed by atoms with Gasteiger partial charge in [0, 0.05) is 12.6 Å². The van der Waals surface area contributed by atoms with Crippen LogP contribution in [0.15, 0.2) is 36.4 Å². The molecule has 1 atom stereocenters. The van der Waals surface area contributed by atoms with Crippen LogP contribution in [0.3, 0.4) is 0 Å². The highest BCUT2D eigenvalue weighted by molar-refractivity contribution is 5.94. The summed E-state index contributed by atoms with van der Waals surface area (Å²) in [7, 11) is 0. The molecule has 96 valence electrons. The van der Waals surface area contributed by atoms with E-state index in [1.54, 1.807) is 6.08 Å². The van der Waals surface area contributed by atoms with Gasteiger partial charge < -0.3 is 10.4 Å². The first-order valence-corrected chi connectivity index (χ1v) is 6.36. The summed E-state index contributed by atoms with van der Waals surface area (Å²) in [4.78, 5) is 11.7. The largest absolute Gasteiger partial charge is 0.391 e. The Bertz CT molecular complexity index is 435. The number of aliphatic hydroxyl groups excluding tert-OH is 1. The molecular formula is C15H19NO2. The smallest absolute Gasteiger partial charge is 0.244 e. The van der Waals surface area contributed by atoms with Crippen LogP contribution in [0.2, 0.25) is 0 Å². The lowest BCUT2D eigenvalue weighted by Gasteiger charge is -2.09. The Labute approximate surface area is 108 Å². The Balaban J connectivity index is 1.85. The van der Waals surface area contributed by atoms with E-state index in [9.17, 15) is 9.90 Å². The number of carbonyl (C=O) groups excluding carboxylic acids is 1. The molecule has 18 heavy (non-hydrogen) atoms. The van der Waals surface area contributed by atoms with Crippen LogP contribution >= 0.6 is 0 Å². The van der Waals surface area contributed by atoms with E-state index >= 15 is 0 Å².